The van der Waals surface area contributed by atoms with Crippen LogP contribution in [-0.2, 0) is 38.1 Å². The van der Waals surface area contributed by atoms with Gasteiger partial charge < -0.3 is 33.2 Å². The number of rotatable bonds is 5. The Kier molecular flexibility index (Phi) is 6.14. The van der Waals surface area contributed by atoms with Crippen molar-refractivity contribution in [1.82, 2.24) is 0 Å². The van der Waals surface area contributed by atoms with Crippen LogP contribution in [0.25, 0.3) is 11.0 Å². The first-order valence-electron chi connectivity index (χ1n) is 16.0. The lowest BCUT2D eigenvalue weighted by atomic mass is 9.66. The van der Waals surface area contributed by atoms with Gasteiger partial charge in [0.1, 0.15) is 22.5 Å². The Hall–Kier alpha value is -4.42. The van der Waals surface area contributed by atoms with Gasteiger partial charge in [0, 0.05) is 16.2 Å². The lowest BCUT2D eigenvalue weighted by molar-refractivity contribution is -0.217. The predicted octanol–water partition coefficient (Wildman–Crippen LogP) is 4.40. The van der Waals surface area contributed by atoms with E-state index in [0.29, 0.717) is 12.8 Å². The van der Waals surface area contributed by atoms with E-state index in [0.717, 1.165) is 6.07 Å². The minimum Gasteiger partial charge on any atom is -0.483 e. The van der Waals surface area contributed by atoms with Crippen molar-refractivity contribution >= 4 is 40.8 Å². The van der Waals surface area contributed by atoms with Crippen LogP contribution in [-0.4, -0.2) is 57.9 Å². The Balaban J connectivity index is 1.38. The van der Waals surface area contributed by atoms with E-state index in [1.807, 2.05) is 0 Å². The molecular formula is C35H38O13. The predicted molar refractivity (Wildman–Crippen MR) is 163 cm³/mol. The van der Waals surface area contributed by atoms with E-state index < -0.39 is 91.7 Å². The topological polar surface area (TPSA) is 182 Å². The minimum atomic E-state index is -1.67. The van der Waals surface area contributed by atoms with E-state index in [1.54, 1.807) is 55.4 Å². The molecule has 2 aliphatic carbocycles. The zero-order valence-electron chi connectivity index (χ0n) is 28.1. The van der Waals surface area contributed by atoms with Gasteiger partial charge in [-0.25, -0.2) is 19.2 Å². The molecule has 256 valence electrons. The van der Waals surface area contributed by atoms with Gasteiger partial charge in [-0.15, -0.1) is 0 Å². The number of aromatic carboxylic acids is 1. The van der Waals surface area contributed by atoms with Crippen molar-refractivity contribution in [3.8, 4) is 5.75 Å². The number of hydrogen-bond donors (Lipinski definition) is 1. The number of esters is 4. The van der Waals surface area contributed by atoms with Crippen molar-refractivity contribution in [3.63, 3.8) is 0 Å². The van der Waals surface area contributed by atoms with Gasteiger partial charge in [-0.2, -0.15) is 0 Å². The second-order valence-electron chi connectivity index (χ2n) is 15.9. The third kappa shape index (κ3) is 3.51. The van der Waals surface area contributed by atoms with Crippen LogP contribution >= 0.6 is 0 Å². The molecule has 7 rings (SSSR count). The summed E-state index contributed by atoms with van der Waals surface area (Å²) in [6.45, 7) is 13.8. The lowest BCUT2D eigenvalue weighted by Crippen LogP contribution is -2.57. The third-order valence-electron chi connectivity index (χ3n) is 13.0. The highest BCUT2D eigenvalue weighted by atomic mass is 16.7. The largest absolute Gasteiger partial charge is 0.483 e. The molecule has 1 N–H and O–H groups in total. The van der Waals surface area contributed by atoms with Crippen molar-refractivity contribution in [2.24, 2.45) is 21.7 Å². The third-order valence-corrected chi connectivity index (χ3v) is 13.0. The summed E-state index contributed by atoms with van der Waals surface area (Å²) >= 11 is 0. The molecule has 4 bridgehead atoms. The molecule has 4 heterocycles. The fraction of sp³-hybridized carbons (Fsp3) is 0.600. The number of benzene rings is 1. The molecule has 1 aromatic heterocycles. The molecule has 5 aliphatic rings. The number of hydrogen-bond acceptors (Lipinski definition) is 12. The standard InChI is InChI=1S/C35H38O13/c1-29(2)22(45-28(42)35-14-12-33(8,26(40)48-35)31(35,5)6)21(44-27(41)34-13-11-32(7,25(39)47-34)30(34,3)4)19-18(46-29)10-9-16-15-17(23(36)37)24(38)43-20(16)19/h9-10,15,21-22H,11-14H2,1-8H3,(H,36,37)/t21-,22-,32+,33+,34-,35-/m1/s1. The molecular weight excluding hydrogens is 628 g/mol. The Morgan fingerprint density at radius 1 is 0.750 bits per heavy atom. The summed E-state index contributed by atoms with van der Waals surface area (Å²) < 4.78 is 36.0. The molecule has 13 heteroatoms. The molecule has 1 aromatic carbocycles. The highest BCUT2D eigenvalue weighted by molar-refractivity contribution is 5.96. The second kappa shape index (κ2) is 9.17. The Morgan fingerprint density at radius 2 is 1.27 bits per heavy atom. The van der Waals surface area contributed by atoms with Crippen LogP contribution in [0.3, 0.4) is 0 Å². The van der Waals surface area contributed by atoms with Gasteiger partial charge in [-0.05, 0) is 71.6 Å². The van der Waals surface area contributed by atoms with Crippen LogP contribution in [0.5, 0.6) is 5.75 Å². The van der Waals surface area contributed by atoms with Crippen molar-refractivity contribution in [2.75, 3.05) is 0 Å². The second-order valence-corrected chi connectivity index (χ2v) is 15.9. The number of carbonyl (C=O) groups excluding carboxylic acids is 4. The van der Waals surface area contributed by atoms with E-state index >= 15 is 0 Å². The van der Waals surface area contributed by atoms with Gasteiger partial charge in [-0.3, -0.25) is 9.59 Å². The van der Waals surface area contributed by atoms with Crippen LogP contribution in [0.15, 0.2) is 27.4 Å². The van der Waals surface area contributed by atoms with E-state index in [1.165, 1.54) is 12.1 Å². The molecule has 0 spiro atoms. The van der Waals surface area contributed by atoms with Gasteiger partial charge >= 0.3 is 35.5 Å². The Labute approximate surface area is 275 Å². The average Bonchev–Trinajstić information content (AvgIpc) is 3.45. The van der Waals surface area contributed by atoms with Crippen molar-refractivity contribution in [1.29, 1.82) is 0 Å². The van der Waals surface area contributed by atoms with Crippen molar-refractivity contribution in [3.05, 3.63) is 39.7 Å². The van der Waals surface area contributed by atoms with Crippen molar-refractivity contribution < 1.29 is 57.2 Å². The Morgan fingerprint density at radius 3 is 1.73 bits per heavy atom. The van der Waals surface area contributed by atoms with E-state index in [2.05, 4.69) is 0 Å². The number of carboxylic acid groups (broad SMARTS) is 1. The molecule has 4 fully saturated rings. The summed E-state index contributed by atoms with van der Waals surface area (Å²) in [5.41, 5.74) is -10.4. The van der Waals surface area contributed by atoms with Crippen LogP contribution in [0.1, 0.15) is 103 Å². The first-order valence-corrected chi connectivity index (χ1v) is 16.0. The maximum atomic E-state index is 14.4. The molecule has 0 amide bonds. The summed E-state index contributed by atoms with van der Waals surface area (Å²) in [5.74, 6) is -4.17. The molecule has 2 saturated heterocycles. The molecule has 2 saturated carbocycles. The van der Waals surface area contributed by atoms with Gasteiger partial charge in [0.2, 0.25) is 11.2 Å². The smallest absolute Gasteiger partial charge is 0.351 e. The van der Waals surface area contributed by atoms with E-state index in [9.17, 15) is 33.9 Å². The average molecular weight is 667 g/mol. The first-order chi connectivity index (χ1) is 22.1. The number of fused-ring (bicyclic) bond motifs is 7. The van der Waals surface area contributed by atoms with Gasteiger partial charge in [0.05, 0.1) is 16.4 Å². The Bertz CT molecular complexity index is 1940. The summed E-state index contributed by atoms with van der Waals surface area (Å²) in [4.78, 5) is 79.5. The highest BCUT2D eigenvalue weighted by Crippen LogP contribution is 2.67. The van der Waals surface area contributed by atoms with Crippen LogP contribution < -0.4 is 10.4 Å². The van der Waals surface area contributed by atoms with Gasteiger partial charge in [0.15, 0.2) is 12.2 Å². The molecule has 0 radical (unpaired) electrons. The van der Waals surface area contributed by atoms with Gasteiger partial charge in [0.25, 0.3) is 0 Å². The fourth-order valence-corrected chi connectivity index (χ4v) is 8.70. The lowest BCUT2D eigenvalue weighted by Gasteiger charge is -2.45. The molecule has 0 unspecified atom stereocenters. The highest BCUT2D eigenvalue weighted by Gasteiger charge is 2.78. The SMILES string of the molecule is CC1(C)Oc2ccc3cc(C(=O)O)c(=O)oc3c2[C@@H](OC(=O)[C@@]23CC[C@@](C)(C(=O)O2)C3(C)C)[C@H]1OC(=O)[C@@]12CC[C@@](C)(C(=O)O1)C2(C)C. The van der Waals surface area contributed by atoms with Crippen LogP contribution in [0, 0.1) is 21.7 Å². The van der Waals surface area contributed by atoms with Crippen LogP contribution in [0.2, 0.25) is 0 Å². The maximum Gasteiger partial charge on any atom is 0.351 e. The van der Waals surface area contributed by atoms with Crippen LogP contribution in [0.4, 0.5) is 0 Å². The number of ether oxygens (including phenoxy) is 5. The monoisotopic (exact) mass is 666 g/mol. The fourth-order valence-electron chi connectivity index (χ4n) is 8.70. The normalized spacial score (nSPS) is 36.2. The number of carbonyl (C=O) groups is 5. The minimum absolute atomic E-state index is 0.0164. The zero-order chi connectivity index (χ0) is 35.2. The molecule has 6 atom stereocenters. The summed E-state index contributed by atoms with van der Waals surface area (Å²) in [6, 6.07) is 4.13. The first kappa shape index (κ1) is 32.1. The summed E-state index contributed by atoms with van der Waals surface area (Å²) in [6.07, 6.45) is -1.77. The molecule has 48 heavy (non-hydrogen) atoms. The maximum absolute atomic E-state index is 14.4. The zero-order valence-corrected chi connectivity index (χ0v) is 28.1. The quantitative estimate of drug-likeness (QED) is 0.270. The van der Waals surface area contributed by atoms with Crippen molar-refractivity contribution in [2.45, 2.75) is 110 Å². The van der Waals surface area contributed by atoms with E-state index in [4.69, 9.17) is 28.1 Å². The molecule has 13 nitrogen and oxygen atoms in total. The summed E-state index contributed by atoms with van der Waals surface area (Å²) in [5, 5.41) is 9.74. The molecule has 3 aliphatic heterocycles. The summed E-state index contributed by atoms with van der Waals surface area (Å²) in [7, 11) is 0. The van der Waals surface area contributed by atoms with E-state index in [-0.39, 0.29) is 35.1 Å². The van der Waals surface area contributed by atoms with Gasteiger partial charge in [-0.1, -0.05) is 27.7 Å². The number of carboxylic acids is 1. The molecule has 2 aromatic rings.